The number of urea groups is 1. The molecule has 2 unspecified atom stereocenters. The van der Waals surface area contributed by atoms with E-state index in [0.29, 0.717) is 55.8 Å². The van der Waals surface area contributed by atoms with Gasteiger partial charge in [0.1, 0.15) is 17.4 Å². The number of rotatable bonds is 13. The van der Waals surface area contributed by atoms with Crippen molar-refractivity contribution in [2.24, 2.45) is 11.8 Å². The highest BCUT2D eigenvalue weighted by atomic mass is 19.4. The number of hydrogen-bond donors (Lipinski definition) is 5. The summed E-state index contributed by atoms with van der Waals surface area (Å²) >= 11 is 0. The predicted octanol–water partition coefficient (Wildman–Crippen LogP) is 5.02. The minimum atomic E-state index is -4.63. The minimum Gasteiger partial charge on any atom is -0.378 e. The zero-order chi connectivity index (χ0) is 39.2. The number of nitrogens with one attached hydrogen (secondary N) is 5. The van der Waals surface area contributed by atoms with Gasteiger partial charge < -0.3 is 35.9 Å². The lowest BCUT2D eigenvalue weighted by Gasteiger charge is -2.40. The van der Waals surface area contributed by atoms with Crippen LogP contribution in [0.25, 0.3) is 10.9 Å². The number of amides is 5. The summed E-state index contributed by atoms with van der Waals surface area (Å²) in [5.41, 5.74) is -1.41. The number of ether oxygens (including phenoxy) is 1. The van der Waals surface area contributed by atoms with Crippen LogP contribution >= 0.6 is 0 Å². The van der Waals surface area contributed by atoms with Crippen molar-refractivity contribution >= 4 is 34.7 Å². The third kappa shape index (κ3) is 9.16. The van der Waals surface area contributed by atoms with Crippen molar-refractivity contribution in [1.29, 1.82) is 0 Å². The van der Waals surface area contributed by atoms with E-state index >= 15 is 0 Å². The summed E-state index contributed by atoms with van der Waals surface area (Å²) in [6, 6.07) is 7.73. The maximum Gasteiger partial charge on any atom is 0.418 e. The van der Waals surface area contributed by atoms with Gasteiger partial charge in [-0.25, -0.2) is 9.18 Å². The summed E-state index contributed by atoms with van der Waals surface area (Å²) in [6.45, 7) is 9.28. The summed E-state index contributed by atoms with van der Waals surface area (Å²) in [4.78, 5) is 59.8. The Morgan fingerprint density at radius 3 is 2.33 bits per heavy atom. The van der Waals surface area contributed by atoms with E-state index in [1.54, 1.807) is 24.0 Å². The van der Waals surface area contributed by atoms with Crippen LogP contribution < -0.4 is 21.3 Å². The van der Waals surface area contributed by atoms with E-state index in [2.05, 4.69) is 26.3 Å². The quantitative estimate of drug-likeness (QED) is 0.156. The van der Waals surface area contributed by atoms with E-state index in [4.69, 9.17) is 4.74 Å². The molecule has 0 radical (unpaired) electrons. The number of nitrogens with zero attached hydrogens (tertiary/aromatic N) is 1. The van der Waals surface area contributed by atoms with Crippen molar-refractivity contribution in [2.45, 2.75) is 90.0 Å². The van der Waals surface area contributed by atoms with Crippen LogP contribution in [0.4, 0.5) is 22.4 Å². The second-order valence-electron chi connectivity index (χ2n) is 14.5. The predicted molar refractivity (Wildman–Crippen MR) is 195 cm³/mol. The summed E-state index contributed by atoms with van der Waals surface area (Å²) in [5.74, 6) is -2.88. The van der Waals surface area contributed by atoms with Crippen LogP contribution in [0.1, 0.15) is 69.3 Å². The molecule has 1 aromatic heterocycles. The Bertz CT molecular complexity index is 1830. The van der Waals surface area contributed by atoms with E-state index in [1.165, 1.54) is 24.3 Å². The standard InChI is InChI=1S/C39H50F4N6O5/c1-5-23(3)31(22-44-37(53)49-16-18-54-19-17-49)46-36(52)38(15-14-30-27(21-38)26-11-9-12-28(34(26)45-30)39(41,42)43)48-35(51)33(24(4)6-2)47-32(50)20-25-10-7-8-13-29(25)40/h7-13,23-24,31,33,45H,5-6,14-22H2,1-4H3,(H,44,53)(H,46,52)(H,47,50)(H,48,51)/t23-,24?,31?,33-,38+/m0/s1. The van der Waals surface area contributed by atoms with Crippen molar-refractivity contribution < 1.29 is 41.5 Å². The van der Waals surface area contributed by atoms with Crippen molar-refractivity contribution in [2.75, 3.05) is 32.8 Å². The highest BCUT2D eigenvalue weighted by Gasteiger charge is 2.47. The highest BCUT2D eigenvalue weighted by Crippen LogP contribution is 2.40. The van der Waals surface area contributed by atoms with Crippen LogP contribution in [0.3, 0.4) is 0 Å². The van der Waals surface area contributed by atoms with Crippen LogP contribution in [0, 0.1) is 17.7 Å². The Morgan fingerprint density at radius 2 is 1.67 bits per heavy atom. The summed E-state index contributed by atoms with van der Waals surface area (Å²) in [7, 11) is 0. The molecule has 5 atom stereocenters. The molecule has 2 aliphatic rings. The first kappa shape index (κ1) is 40.5. The van der Waals surface area contributed by atoms with Gasteiger partial charge in [-0.2, -0.15) is 13.2 Å². The lowest BCUT2D eigenvalue weighted by Crippen LogP contribution is -2.67. The topological polar surface area (TPSA) is 145 Å². The first-order valence-corrected chi connectivity index (χ1v) is 18.6. The molecule has 0 spiro atoms. The molecule has 1 aliphatic heterocycles. The average molecular weight is 759 g/mol. The van der Waals surface area contributed by atoms with Crippen LogP contribution in [-0.4, -0.2) is 84.1 Å². The maximum absolute atomic E-state index is 14.7. The molecule has 0 bridgehead atoms. The van der Waals surface area contributed by atoms with Crippen LogP contribution in [0.2, 0.25) is 0 Å². The lowest BCUT2D eigenvalue weighted by atomic mass is 9.78. The molecular weight excluding hydrogens is 708 g/mol. The molecule has 5 amide bonds. The van der Waals surface area contributed by atoms with Crippen LogP contribution in [0.5, 0.6) is 0 Å². The molecule has 2 aromatic carbocycles. The molecule has 5 N–H and O–H groups in total. The SMILES string of the molecule is CCC(C)[C@H](NC(=O)Cc1ccccc1F)C(=O)N[C@]1(C(=O)NC(CNC(=O)N2CCOCC2)[C@@H](C)CC)CCc2[nH]c3c(C(F)(F)F)cccc3c2C1. The normalized spacial score (nSPS) is 19.6. The molecule has 5 rings (SSSR count). The van der Waals surface area contributed by atoms with Crippen molar-refractivity contribution in [3.8, 4) is 0 Å². The first-order valence-electron chi connectivity index (χ1n) is 18.6. The number of H-pyrrole nitrogens is 1. The summed E-state index contributed by atoms with van der Waals surface area (Å²) in [5, 5.41) is 12.0. The fourth-order valence-corrected chi connectivity index (χ4v) is 7.18. The minimum absolute atomic E-state index is 0.0372. The summed E-state index contributed by atoms with van der Waals surface area (Å²) in [6.07, 6.45) is -3.77. The van der Waals surface area contributed by atoms with Gasteiger partial charge in [-0.1, -0.05) is 70.9 Å². The fraction of sp³-hybridized carbons (Fsp3) is 0.538. The molecule has 294 valence electrons. The highest BCUT2D eigenvalue weighted by molar-refractivity contribution is 5.97. The van der Waals surface area contributed by atoms with Gasteiger partial charge in [-0.15, -0.1) is 0 Å². The molecule has 3 aromatic rings. The number of alkyl halides is 3. The van der Waals surface area contributed by atoms with Gasteiger partial charge in [0.15, 0.2) is 0 Å². The third-order valence-electron chi connectivity index (χ3n) is 11.0. The third-order valence-corrected chi connectivity index (χ3v) is 11.0. The van der Waals surface area contributed by atoms with Crippen molar-refractivity contribution in [3.63, 3.8) is 0 Å². The lowest BCUT2D eigenvalue weighted by molar-refractivity contribution is -0.137. The number of carbonyl (C=O) groups excluding carboxylic acids is 4. The van der Waals surface area contributed by atoms with Gasteiger partial charge >= 0.3 is 12.2 Å². The monoisotopic (exact) mass is 758 g/mol. The Labute approximate surface area is 312 Å². The van der Waals surface area contributed by atoms with E-state index in [0.717, 1.165) is 6.07 Å². The molecule has 0 saturated carbocycles. The number of fused-ring (bicyclic) bond motifs is 3. The Morgan fingerprint density at radius 1 is 0.963 bits per heavy atom. The molecule has 11 nitrogen and oxygen atoms in total. The van der Waals surface area contributed by atoms with E-state index < -0.39 is 58.8 Å². The second-order valence-corrected chi connectivity index (χ2v) is 14.5. The van der Waals surface area contributed by atoms with Crippen LogP contribution in [-0.2, 0) is 44.6 Å². The number of aryl methyl sites for hydroxylation is 1. The maximum atomic E-state index is 14.7. The zero-order valence-corrected chi connectivity index (χ0v) is 31.1. The Balaban J connectivity index is 1.46. The molecule has 15 heteroatoms. The van der Waals surface area contributed by atoms with Crippen molar-refractivity contribution in [1.82, 2.24) is 31.2 Å². The molecule has 1 aliphatic carbocycles. The van der Waals surface area contributed by atoms with Gasteiger partial charge in [-0.3, -0.25) is 14.4 Å². The van der Waals surface area contributed by atoms with Crippen molar-refractivity contribution in [3.05, 3.63) is 70.7 Å². The van der Waals surface area contributed by atoms with E-state index in [-0.39, 0.29) is 55.3 Å². The number of benzene rings is 2. The number of para-hydroxylation sites is 1. The van der Waals surface area contributed by atoms with E-state index in [9.17, 15) is 36.7 Å². The van der Waals surface area contributed by atoms with Gasteiger partial charge in [-0.05, 0) is 47.9 Å². The van der Waals surface area contributed by atoms with Gasteiger partial charge in [0.25, 0.3) is 0 Å². The molecule has 1 fully saturated rings. The zero-order valence-electron chi connectivity index (χ0n) is 31.1. The molecule has 54 heavy (non-hydrogen) atoms. The first-order chi connectivity index (χ1) is 25.7. The van der Waals surface area contributed by atoms with Crippen LogP contribution in [0.15, 0.2) is 42.5 Å². The van der Waals surface area contributed by atoms with Gasteiger partial charge in [0, 0.05) is 43.2 Å². The Kier molecular flexibility index (Phi) is 12.9. The Hall–Kier alpha value is -4.66. The largest absolute Gasteiger partial charge is 0.418 e. The second kappa shape index (κ2) is 17.2. The molecule has 1 saturated heterocycles. The smallest absolute Gasteiger partial charge is 0.378 e. The number of carbonyl (C=O) groups is 4. The van der Waals surface area contributed by atoms with E-state index in [1.807, 2.05) is 20.8 Å². The number of morpholine rings is 1. The molecular formula is C39H50F4N6O5. The van der Waals surface area contributed by atoms with Gasteiger partial charge in [0.05, 0.1) is 30.7 Å². The molecule has 2 heterocycles. The number of aromatic amines is 1. The summed E-state index contributed by atoms with van der Waals surface area (Å²) < 4.78 is 61.9. The number of halogens is 4. The fourth-order valence-electron chi connectivity index (χ4n) is 7.18. The number of hydrogen-bond acceptors (Lipinski definition) is 5. The number of aromatic nitrogens is 1. The van der Waals surface area contributed by atoms with Gasteiger partial charge in [0.2, 0.25) is 17.7 Å². The average Bonchev–Trinajstić information content (AvgIpc) is 3.53.